The molecule has 0 aromatic heterocycles. The van der Waals surface area contributed by atoms with Gasteiger partial charge in [-0.2, -0.15) is 13.2 Å². The number of hydrogen-bond acceptors (Lipinski definition) is 2. The molecule has 0 atom stereocenters. The molecule has 1 aliphatic rings. The van der Waals surface area contributed by atoms with E-state index < -0.39 is 17.3 Å². The largest absolute Gasteiger partial charge is 0.417 e. The van der Waals surface area contributed by atoms with Gasteiger partial charge in [0.15, 0.2) is 0 Å². The first-order chi connectivity index (χ1) is 17.5. The Morgan fingerprint density at radius 3 is 1.95 bits per heavy atom. The number of aliphatic hydroxyl groups is 1. The highest BCUT2D eigenvalue weighted by atomic mass is 35.5. The normalized spacial score (nSPS) is 16.0. The first-order valence-electron chi connectivity index (χ1n) is 12.1. The lowest BCUT2D eigenvalue weighted by atomic mass is 9.83. The zero-order valence-corrected chi connectivity index (χ0v) is 20.8. The summed E-state index contributed by atoms with van der Waals surface area (Å²) < 4.78 is 66.6. The molecule has 8 heteroatoms. The van der Waals surface area contributed by atoms with E-state index in [0.29, 0.717) is 25.9 Å². The summed E-state index contributed by atoms with van der Waals surface area (Å²) in [5.41, 5.74) is 0.507. The Kier molecular flexibility index (Phi) is 8.36. The minimum absolute atomic E-state index is 0.232. The predicted octanol–water partition coefficient (Wildman–Crippen LogP) is 7.83. The van der Waals surface area contributed by atoms with Crippen LogP contribution in [0.3, 0.4) is 0 Å². The summed E-state index contributed by atoms with van der Waals surface area (Å²) in [5, 5.41) is 10.7. The number of likely N-dealkylation sites (tertiary alicyclic amines) is 1. The van der Waals surface area contributed by atoms with Crippen molar-refractivity contribution in [3.63, 3.8) is 0 Å². The average molecular weight is 536 g/mol. The number of allylic oxidation sites excluding steroid dienone is 1. The molecule has 0 spiro atoms. The van der Waals surface area contributed by atoms with E-state index in [1.807, 2.05) is 6.08 Å². The molecule has 0 saturated carbocycles. The highest BCUT2D eigenvalue weighted by Crippen LogP contribution is 2.40. The van der Waals surface area contributed by atoms with Crippen molar-refractivity contribution in [1.29, 1.82) is 0 Å². The van der Waals surface area contributed by atoms with Crippen molar-refractivity contribution in [2.75, 3.05) is 19.6 Å². The molecule has 1 aliphatic heterocycles. The van der Waals surface area contributed by atoms with Gasteiger partial charge in [0.1, 0.15) is 11.6 Å². The van der Waals surface area contributed by atoms with Crippen molar-refractivity contribution < 1.29 is 27.1 Å². The number of unbranched alkanes of at least 4 members (excludes halogenated alkanes) is 1. The van der Waals surface area contributed by atoms with E-state index in [-0.39, 0.29) is 22.2 Å². The second-order valence-corrected chi connectivity index (χ2v) is 9.75. The molecule has 4 rings (SSSR count). The standard InChI is InChI=1S/C29H27ClF5NO/c30-27-13-8-22(19-26(27)29(33,34)35)28(37)14-17-36(18-15-28)16-2-1-3-25(20-4-9-23(31)10-5-20)21-6-11-24(32)12-7-21/h3-13,19,37H,1-2,14-18H2. The molecule has 1 fully saturated rings. The molecule has 0 aliphatic carbocycles. The second-order valence-electron chi connectivity index (χ2n) is 9.34. The highest BCUT2D eigenvalue weighted by Gasteiger charge is 2.38. The molecular formula is C29H27ClF5NO. The monoisotopic (exact) mass is 535 g/mol. The summed E-state index contributed by atoms with van der Waals surface area (Å²) in [6, 6.07) is 15.9. The molecule has 1 saturated heterocycles. The van der Waals surface area contributed by atoms with Gasteiger partial charge in [0, 0.05) is 13.1 Å². The summed E-state index contributed by atoms with van der Waals surface area (Å²) in [5.74, 6) is -0.666. The molecule has 37 heavy (non-hydrogen) atoms. The molecule has 3 aromatic rings. The van der Waals surface area contributed by atoms with Crippen molar-refractivity contribution in [3.05, 3.63) is 112 Å². The molecule has 0 radical (unpaired) electrons. The minimum atomic E-state index is -4.58. The van der Waals surface area contributed by atoms with E-state index in [1.165, 1.54) is 36.4 Å². The highest BCUT2D eigenvalue weighted by molar-refractivity contribution is 6.31. The topological polar surface area (TPSA) is 23.5 Å². The van der Waals surface area contributed by atoms with Crippen LogP contribution in [0.4, 0.5) is 22.0 Å². The summed E-state index contributed by atoms with van der Waals surface area (Å²) in [6.45, 7) is 1.85. The molecule has 1 heterocycles. The number of hydrogen-bond donors (Lipinski definition) is 1. The summed E-state index contributed by atoms with van der Waals surface area (Å²) in [4.78, 5) is 2.18. The van der Waals surface area contributed by atoms with Crippen LogP contribution in [-0.4, -0.2) is 29.6 Å². The molecular weight excluding hydrogens is 509 g/mol. The zero-order chi connectivity index (χ0) is 26.6. The van der Waals surface area contributed by atoms with Crippen LogP contribution in [0.25, 0.3) is 5.57 Å². The van der Waals surface area contributed by atoms with E-state index in [2.05, 4.69) is 4.90 Å². The van der Waals surface area contributed by atoms with Crippen LogP contribution < -0.4 is 0 Å². The molecule has 3 aromatic carbocycles. The predicted molar refractivity (Wildman–Crippen MR) is 135 cm³/mol. The smallest absolute Gasteiger partial charge is 0.385 e. The number of piperidine rings is 1. The molecule has 1 N–H and O–H groups in total. The van der Waals surface area contributed by atoms with E-state index in [0.717, 1.165) is 42.2 Å². The Morgan fingerprint density at radius 1 is 0.892 bits per heavy atom. The fourth-order valence-electron chi connectivity index (χ4n) is 4.69. The Labute approximate surface area is 218 Å². The van der Waals surface area contributed by atoms with Crippen LogP contribution in [0.15, 0.2) is 72.8 Å². The molecule has 0 unspecified atom stereocenters. The summed E-state index contributed by atoms with van der Waals surface area (Å²) in [7, 11) is 0. The van der Waals surface area contributed by atoms with Gasteiger partial charge in [-0.05, 0) is 90.9 Å². The summed E-state index contributed by atoms with van der Waals surface area (Å²) >= 11 is 5.73. The van der Waals surface area contributed by atoms with Crippen LogP contribution in [0.5, 0.6) is 0 Å². The van der Waals surface area contributed by atoms with Crippen LogP contribution in [-0.2, 0) is 11.8 Å². The maximum atomic E-state index is 13.4. The Hall–Kier alpha value is -2.74. The average Bonchev–Trinajstić information content (AvgIpc) is 2.86. The van der Waals surface area contributed by atoms with Crippen LogP contribution in [0.1, 0.15) is 47.9 Å². The second kappa shape index (κ2) is 11.3. The van der Waals surface area contributed by atoms with Crippen molar-refractivity contribution in [1.82, 2.24) is 4.90 Å². The van der Waals surface area contributed by atoms with Crippen molar-refractivity contribution in [2.45, 2.75) is 37.5 Å². The van der Waals surface area contributed by atoms with E-state index in [9.17, 15) is 27.1 Å². The number of alkyl halides is 3. The van der Waals surface area contributed by atoms with Gasteiger partial charge in [-0.25, -0.2) is 8.78 Å². The van der Waals surface area contributed by atoms with Crippen LogP contribution in [0, 0.1) is 11.6 Å². The van der Waals surface area contributed by atoms with Gasteiger partial charge in [0.05, 0.1) is 16.2 Å². The quantitative estimate of drug-likeness (QED) is 0.246. The van der Waals surface area contributed by atoms with Gasteiger partial charge < -0.3 is 10.0 Å². The third-order valence-electron chi connectivity index (χ3n) is 6.83. The van der Waals surface area contributed by atoms with Gasteiger partial charge in [0.25, 0.3) is 0 Å². The third-order valence-corrected chi connectivity index (χ3v) is 7.16. The molecule has 0 amide bonds. The van der Waals surface area contributed by atoms with Crippen molar-refractivity contribution >= 4 is 17.2 Å². The number of halogens is 6. The molecule has 0 bridgehead atoms. The number of rotatable bonds is 7. The lowest BCUT2D eigenvalue weighted by Crippen LogP contribution is -2.43. The Morgan fingerprint density at radius 2 is 1.43 bits per heavy atom. The fraction of sp³-hybridized carbons (Fsp3) is 0.310. The lowest BCUT2D eigenvalue weighted by molar-refractivity contribution is -0.137. The van der Waals surface area contributed by atoms with Crippen LogP contribution in [0.2, 0.25) is 5.02 Å². The minimum Gasteiger partial charge on any atom is -0.385 e. The fourth-order valence-corrected chi connectivity index (χ4v) is 4.91. The maximum absolute atomic E-state index is 13.4. The summed E-state index contributed by atoms with van der Waals surface area (Å²) in [6.07, 6.45) is -0.373. The molecule has 196 valence electrons. The van der Waals surface area contributed by atoms with Gasteiger partial charge in [-0.1, -0.05) is 48.0 Å². The van der Waals surface area contributed by atoms with Crippen LogP contribution >= 0.6 is 11.6 Å². The van der Waals surface area contributed by atoms with Crippen molar-refractivity contribution in [2.24, 2.45) is 0 Å². The van der Waals surface area contributed by atoms with E-state index in [4.69, 9.17) is 11.6 Å². The number of benzene rings is 3. The Bertz CT molecular complexity index is 1180. The van der Waals surface area contributed by atoms with Crippen molar-refractivity contribution in [3.8, 4) is 0 Å². The SMILES string of the molecule is OC1(c2ccc(Cl)c(C(F)(F)F)c2)CCN(CCCC=C(c2ccc(F)cc2)c2ccc(F)cc2)CC1. The van der Waals surface area contributed by atoms with Gasteiger partial charge in [0.2, 0.25) is 0 Å². The zero-order valence-electron chi connectivity index (χ0n) is 20.0. The first kappa shape index (κ1) is 27.3. The molecule has 2 nitrogen and oxygen atoms in total. The first-order valence-corrected chi connectivity index (χ1v) is 12.5. The maximum Gasteiger partial charge on any atom is 0.417 e. The third kappa shape index (κ3) is 6.78. The van der Waals surface area contributed by atoms with E-state index in [1.54, 1.807) is 24.3 Å². The lowest BCUT2D eigenvalue weighted by Gasteiger charge is -2.38. The van der Waals surface area contributed by atoms with Gasteiger partial charge in [-0.3, -0.25) is 0 Å². The van der Waals surface area contributed by atoms with Gasteiger partial charge in [-0.15, -0.1) is 0 Å². The van der Waals surface area contributed by atoms with Gasteiger partial charge >= 0.3 is 6.18 Å². The van der Waals surface area contributed by atoms with E-state index >= 15 is 0 Å². The Balaban J connectivity index is 1.37. The number of nitrogens with zero attached hydrogens (tertiary/aromatic N) is 1.